The Bertz CT molecular complexity index is 2780. The van der Waals surface area contributed by atoms with Crippen LogP contribution in [0.1, 0.15) is 19.3 Å². The van der Waals surface area contributed by atoms with E-state index in [0.29, 0.717) is 72.5 Å². The predicted octanol–water partition coefficient (Wildman–Crippen LogP) is -13.7. The third-order valence-corrected chi connectivity index (χ3v) is 17.9. The van der Waals surface area contributed by atoms with E-state index in [1.165, 1.54) is 20.4 Å². The average molecular weight is 1650 g/mol. The van der Waals surface area contributed by atoms with Crippen LogP contribution in [0.2, 0.25) is 0 Å². The molecule has 49 nitrogen and oxygen atoms in total. The molecular formula is C52H94N6O43P4S-6. The van der Waals surface area contributed by atoms with E-state index in [1.54, 1.807) is 7.11 Å². The summed E-state index contributed by atoms with van der Waals surface area (Å²) < 4.78 is 136. The molecule has 4 saturated heterocycles. The topological polar surface area (TPSA) is 741 Å². The first kappa shape index (κ1) is 99.1. The number of aliphatic hydroxyl groups is 11. The molecule has 5 rings (SSSR count). The molecule has 0 aliphatic carbocycles. The maximum atomic E-state index is 12.6. The van der Waals surface area contributed by atoms with Crippen molar-refractivity contribution in [1.29, 1.82) is 0 Å². The molecule has 17 N–H and O–H groups in total. The van der Waals surface area contributed by atoms with Gasteiger partial charge in [0.1, 0.15) is 91.2 Å². The monoisotopic (exact) mass is 1650 g/mol. The number of methoxy groups -OCH3 is 3. The molecule has 622 valence electrons. The third-order valence-electron chi connectivity index (χ3n) is 14.2. The molecule has 4 fully saturated rings. The zero-order chi connectivity index (χ0) is 80.0. The number of amides is 4. The summed E-state index contributed by atoms with van der Waals surface area (Å²) in [5.74, 6) is -2.21. The number of carbonyl (C=O) groups excluding carboxylic acids is 4. The summed E-state index contributed by atoms with van der Waals surface area (Å²) in [5.41, 5.74) is 5.30. The molecule has 0 spiro atoms. The summed E-state index contributed by atoms with van der Waals surface area (Å²) in [6.45, 7) is 4.93. The molecule has 0 aromatic carbocycles. The van der Waals surface area contributed by atoms with E-state index in [1.807, 2.05) is 0 Å². The van der Waals surface area contributed by atoms with Crippen molar-refractivity contribution in [2.75, 3.05) is 147 Å². The van der Waals surface area contributed by atoms with Crippen LogP contribution >= 0.6 is 44.1 Å². The molecule has 5 aliphatic rings. The minimum Gasteiger partial charge on any atom is -0.790 e. The summed E-state index contributed by atoms with van der Waals surface area (Å²) in [7, 11) is -18.0. The highest BCUT2D eigenvalue weighted by Gasteiger charge is 2.50. The zero-order valence-electron chi connectivity index (χ0n) is 57.1. The standard InChI is InChI=1S/C24H41N3O19P2.C14H28NO12P.C8H17NO4S.C6H14NO8P/c1-13-25-16(29)3-5-27(13)23-22(34)20(32)15(43-23)12-42-47(35,36)46-48(37,38)45-24-18(21(33)19(31)14(11-28)44-24)26-17(30)4-6-40-9-10-41-8-7-39-2;1-23-4-5-25-7-6-24-3-2-10(17)15-11-13(19)12(18)9(8-16)26-14(11)27-28(20,21)22;1-11-4-5-13-7-6-12-3-2-8(10)9-14;7-3-5(10)4(9)2(1-8)14-6(3)15-16(11,12)13/h3,5,14-15,18-24,28,31-34H,1,4,6-12H2,2H3,(H,25,29)(H,26,30)(H,35,36)(H,37,38);9,11-14,16,18-19H,2-8H2,1H3,(H,15,17)(H2,20,21,22);14H,2-7H2,1H3,(H,9,10);2-6,8-10H,1,7H2,(H2,11,12,13)/p-6/t14?,15?,18-,19-,20?,21?,22?,23?,24+;9?,11-,12-,13?,14+;;2?,3-,4-,5?,6+/m00.0/s1. The summed E-state index contributed by atoms with van der Waals surface area (Å²) >= 11 is 3.60. The summed E-state index contributed by atoms with van der Waals surface area (Å²) in [4.78, 5) is 115. The number of nitrogens with two attached hydrogens (primary N) is 1. The van der Waals surface area contributed by atoms with Crippen LogP contribution in [0.3, 0.4) is 0 Å². The van der Waals surface area contributed by atoms with Crippen molar-refractivity contribution in [3.05, 3.63) is 24.7 Å². The van der Waals surface area contributed by atoms with Crippen molar-refractivity contribution in [2.45, 2.75) is 136 Å². The lowest BCUT2D eigenvalue weighted by Gasteiger charge is -2.45. The smallest absolute Gasteiger partial charge is 0.276 e. The Morgan fingerprint density at radius 2 is 0.877 bits per heavy atom. The molecule has 54 heteroatoms. The quantitative estimate of drug-likeness (QED) is 0.0153. The largest absolute Gasteiger partial charge is 0.790 e. The second-order valence-corrected chi connectivity index (χ2v) is 27.4. The van der Waals surface area contributed by atoms with Gasteiger partial charge in [0.05, 0.1) is 154 Å². The first-order valence-corrected chi connectivity index (χ1v) is 37.8. The third kappa shape index (κ3) is 38.0. The molecule has 4 amide bonds. The predicted molar refractivity (Wildman–Crippen MR) is 336 cm³/mol. The average Bonchev–Trinajstić information content (AvgIpc) is 1.47. The summed E-state index contributed by atoms with van der Waals surface area (Å²) in [5, 5.41) is 114. The van der Waals surface area contributed by atoms with Crippen LogP contribution in [-0.4, -0.2) is 348 Å². The SMILES string of the molecule is C=C1NC(=O)C=CN1C1OC(COP(=O)([O-])OP(=O)([O-])O[C@H]2OC(CO)[C@H](O)C(O)[C@@H]2NC(=O)CCOCCOCCOC)C(O)C1O.COCCOCCOCCC(=O)NS.COCCOCCOCCC(=O)N[C@H]1C(O)[C@@H](O)C(CO)O[C@@H]1OP(=O)([O-])[O-].N[C@H]1C(O)[C@@H](O)C(CO)O[C@@H]1OP(=O)([O-])[O-]. The second kappa shape index (κ2) is 51.6. The fourth-order valence-electron chi connectivity index (χ4n) is 8.84. The Labute approximate surface area is 611 Å². The number of hydrogen-bond acceptors (Lipinski definition) is 46. The van der Waals surface area contributed by atoms with E-state index in [9.17, 15) is 113 Å². The van der Waals surface area contributed by atoms with Gasteiger partial charge in [0.25, 0.3) is 21.6 Å². The first-order chi connectivity index (χ1) is 49.8. The first-order valence-electron chi connectivity index (χ1n) is 31.5. The Kier molecular flexibility index (Phi) is 48.2. The Balaban J connectivity index is 0.000000549. The van der Waals surface area contributed by atoms with Crippen LogP contribution in [0, 0.1) is 0 Å². The van der Waals surface area contributed by atoms with E-state index >= 15 is 0 Å². The number of thiol groups is 1. The number of carbonyl (C=O) groups is 4. The van der Waals surface area contributed by atoms with Crippen molar-refractivity contribution in [2.24, 2.45) is 5.73 Å². The van der Waals surface area contributed by atoms with Crippen LogP contribution in [0.5, 0.6) is 0 Å². The van der Waals surface area contributed by atoms with Crippen molar-refractivity contribution in [3.8, 4) is 0 Å². The molecule has 106 heavy (non-hydrogen) atoms. The van der Waals surface area contributed by atoms with Gasteiger partial charge in [0.2, 0.25) is 17.7 Å². The second-order valence-electron chi connectivity index (χ2n) is 22.0. The van der Waals surface area contributed by atoms with E-state index in [-0.39, 0.29) is 57.6 Å². The van der Waals surface area contributed by atoms with Crippen LogP contribution in [0.25, 0.3) is 0 Å². The van der Waals surface area contributed by atoms with Gasteiger partial charge in [-0.1, -0.05) is 19.4 Å². The van der Waals surface area contributed by atoms with Crippen molar-refractivity contribution >= 4 is 67.7 Å². The molecule has 0 radical (unpaired) electrons. The fraction of sp³-hybridized carbons (Fsp3) is 0.846. The van der Waals surface area contributed by atoms with Crippen LogP contribution < -0.4 is 55.8 Å². The van der Waals surface area contributed by atoms with Gasteiger partial charge >= 0.3 is 0 Å². The highest BCUT2D eigenvalue weighted by atomic mass is 32.1. The van der Waals surface area contributed by atoms with E-state index < -0.39 is 192 Å². The maximum Gasteiger partial charge on any atom is 0.276 e. The molecule has 0 aromatic heterocycles. The zero-order valence-corrected chi connectivity index (χ0v) is 61.6. The lowest BCUT2D eigenvalue weighted by molar-refractivity contribution is -0.363. The molecular weight excluding hydrogens is 1550 g/mol. The number of nitrogens with one attached hydrogen (secondary N) is 4. The number of hydrogen-bond donors (Lipinski definition) is 17. The number of phosphoric acid groups is 4. The summed E-state index contributed by atoms with van der Waals surface area (Å²) in [6.07, 6.45) is -24.7. The Morgan fingerprint density at radius 3 is 1.26 bits per heavy atom. The highest BCUT2D eigenvalue weighted by molar-refractivity contribution is 7.78. The lowest BCUT2D eigenvalue weighted by atomic mass is 9.97. The summed E-state index contributed by atoms with van der Waals surface area (Å²) in [6, 6.07) is -4.79. The van der Waals surface area contributed by atoms with E-state index in [4.69, 9.17) is 77.5 Å². The van der Waals surface area contributed by atoms with Crippen molar-refractivity contribution in [3.63, 3.8) is 0 Å². The van der Waals surface area contributed by atoms with Gasteiger partial charge in [0.15, 0.2) is 25.1 Å². The molecule has 5 heterocycles. The Morgan fingerprint density at radius 1 is 0.519 bits per heavy atom. The number of phosphoric ester groups is 4. The fourth-order valence-corrected chi connectivity index (χ4v) is 11.9. The lowest BCUT2D eigenvalue weighted by Crippen LogP contribution is -2.64. The number of aliphatic hydroxyl groups excluding tert-OH is 11. The van der Waals surface area contributed by atoms with Gasteiger partial charge in [-0.25, -0.2) is 4.31 Å². The minimum atomic E-state index is -6.00. The number of rotatable bonds is 44. The molecule has 21 atom stereocenters. The number of nitrogens with zero attached hydrogens (tertiary/aromatic N) is 1. The van der Waals surface area contributed by atoms with Gasteiger partial charge in [-0.05, 0) is 0 Å². The van der Waals surface area contributed by atoms with Crippen LogP contribution in [0.15, 0.2) is 24.7 Å². The van der Waals surface area contributed by atoms with Crippen LogP contribution in [0.4, 0.5) is 0 Å². The Hall–Kier alpha value is -3.01. The van der Waals surface area contributed by atoms with Crippen molar-refractivity contribution in [1.82, 2.24) is 25.6 Å². The van der Waals surface area contributed by atoms with E-state index in [2.05, 4.69) is 62.5 Å². The van der Waals surface area contributed by atoms with Gasteiger partial charge in [-0.15, -0.1) is 0 Å². The molecule has 12 unspecified atom stereocenters. The minimum absolute atomic E-state index is 0.00189. The molecule has 5 aliphatic heterocycles. The van der Waals surface area contributed by atoms with Crippen molar-refractivity contribution < 1.29 is 207 Å². The van der Waals surface area contributed by atoms with Gasteiger partial charge < -0.3 is 201 Å². The highest BCUT2D eigenvalue weighted by Crippen LogP contribution is 2.57. The normalized spacial score (nSPS) is 30.1. The van der Waals surface area contributed by atoms with Gasteiger partial charge in [-0.2, -0.15) is 0 Å². The molecule has 0 bridgehead atoms. The molecule has 0 aromatic rings. The van der Waals surface area contributed by atoms with Crippen LogP contribution in [-0.2, 0) is 121 Å². The number of ether oxygens (including phenoxy) is 13. The molecule has 0 saturated carbocycles. The van der Waals surface area contributed by atoms with Gasteiger partial charge in [-0.3, -0.25) is 32.8 Å². The van der Waals surface area contributed by atoms with Gasteiger partial charge in [0, 0.05) is 46.4 Å². The van der Waals surface area contributed by atoms with E-state index in [0.717, 1.165) is 11.0 Å². The maximum absolute atomic E-state index is 12.6.